The van der Waals surface area contributed by atoms with E-state index < -0.39 is 0 Å². The molecule has 15 heavy (non-hydrogen) atoms. The van der Waals surface area contributed by atoms with Crippen molar-refractivity contribution < 1.29 is 14.2 Å². The van der Waals surface area contributed by atoms with Gasteiger partial charge in [-0.2, -0.15) is 0 Å². The van der Waals surface area contributed by atoms with E-state index in [0.29, 0.717) is 13.2 Å². The highest BCUT2D eigenvalue weighted by Gasteiger charge is 2.05. The summed E-state index contributed by atoms with van der Waals surface area (Å²) < 4.78 is 16.0. The summed E-state index contributed by atoms with van der Waals surface area (Å²) in [5.74, 6) is 0. The lowest BCUT2D eigenvalue weighted by Gasteiger charge is -2.16. The maximum absolute atomic E-state index is 5.53. The van der Waals surface area contributed by atoms with Crippen molar-refractivity contribution in [3.63, 3.8) is 0 Å². The Labute approximate surface area is 92.7 Å². The third kappa shape index (κ3) is 9.35. The van der Waals surface area contributed by atoms with Crippen LogP contribution in [0.5, 0.6) is 0 Å². The predicted molar refractivity (Wildman–Crippen MR) is 61.5 cm³/mol. The van der Waals surface area contributed by atoms with Crippen molar-refractivity contribution in [1.29, 1.82) is 0 Å². The first-order valence-electron chi connectivity index (χ1n) is 5.31. The van der Waals surface area contributed by atoms with Gasteiger partial charge < -0.3 is 14.2 Å². The standard InChI is InChI=1S/C12H22O3/c1-5-7-13-9-11(3)15-10-12(4)14-8-6-2/h5-8,11-12H,9-10H2,1-4H3. The Morgan fingerprint density at radius 1 is 0.933 bits per heavy atom. The Bertz CT molecular complexity index is 187. The fraction of sp³-hybridized carbons (Fsp3) is 0.667. The number of rotatable bonds is 8. The summed E-state index contributed by atoms with van der Waals surface area (Å²) in [6.07, 6.45) is 7.21. The van der Waals surface area contributed by atoms with Crippen LogP contribution in [0.25, 0.3) is 0 Å². The average Bonchev–Trinajstić information content (AvgIpc) is 2.24. The van der Waals surface area contributed by atoms with Crippen LogP contribution in [0.15, 0.2) is 24.7 Å². The van der Waals surface area contributed by atoms with Crippen LogP contribution in [0, 0.1) is 0 Å². The van der Waals surface area contributed by atoms with Gasteiger partial charge in [0.2, 0.25) is 0 Å². The maximum Gasteiger partial charge on any atom is 0.118 e. The molecule has 0 aliphatic heterocycles. The van der Waals surface area contributed by atoms with Crippen LogP contribution in [0.4, 0.5) is 0 Å². The van der Waals surface area contributed by atoms with E-state index in [0.717, 1.165) is 0 Å². The smallest absolute Gasteiger partial charge is 0.118 e. The second-order valence-electron chi connectivity index (χ2n) is 3.36. The predicted octanol–water partition coefficient (Wildman–Crippen LogP) is 2.88. The van der Waals surface area contributed by atoms with Crippen LogP contribution in [-0.4, -0.2) is 25.4 Å². The highest BCUT2D eigenvalue weighted by molar-refractivity contribution is 4.68. The van der Waals surface area contributed by atoms with Crippen LogP contribution >= 0.6 is 0 Å². The molecule has 0 rings (SSSR count). The summed E-state index contributed by atoms with van der Waals surface area (Å²) in [4.78, 5) is 0. The van der Waals surface area contributed by atoms with Gasteiger partial charge >= 0.3 is 0 Å². The normalized spacial score (nSPS) is 15.7. The quantitative estimate of drug-likeness (QED) is 0.581. The van der Waals surface area contributed by atoms with E-state index in [1.165, 1.54) is 0 Å². The Hall–Kier alpha value is -0.960. The average molecular weight is 214 g/mol. The molecule has 0 heterocycles. The number of hydrogen-bond acceptors (Lipinski definition) is 3. The van der Waals surface area contributed by atoms with Gasteiger partial charge in [0.05, 0.1) is 25.2 Å². The minimum absolute atomic E-state index is 0.0744. The molecule has 0 aromatic carbocycles. The van der Waals surface area contributed by atoms with E-state index in [9.17, 15) is 0 Å². The maximum atomic E-state index is 5.53. The van der Waals surface area contributed by atoms with Gasteiger partial charge in [0.1, 0.15) is 12.7 Å². The zero-order valence-electron chi connectivity index (χ0n) is 10.1. The summed E-state index contributed by atoms with van der Waals surface area (Å²) in [5.41, 5.74) is 0. The summed E-state index contributed by atoms with van der Waals surface area (Å²) in [7, 11) is 0. The van der Waals surface area contributed by atoms with Crippen molar-refractivity contribution in [3.8, 4) is 0 Å². The lowest BCUT2D eigenvalue weighted by Crippen LogP contribution is -2.21. The third-order valence-corrected chi connectivity index (χ3v) is 1.63. The third-order valence-electron chi connectivity index (χ3n) is 1.63. The van der Waals surface area contributed by atoms with Gasteiger partial charge in [-0.15, -0.1) is 0 Å². The van der Waals surface area contributed by atoms with Crippen LogP contribution in [0.2, 0.25) is 0 Å². The van der Waals surface area contributed by atoms with Crippen molar-refractivity contribution in [1.82, 2.24) is 0 Å². The highest BCUT2D eigenvalue weighted by Crippen LogP contribution is 1.98. The summed E-state index contributed by atoms with van der Waals surface area (Å²) in [5, 5.41) is 0. The summed E-state index contributed by atoms with van der Waals surface area (Å²) in [6.45, 7) is 8.93. The van der Waals surface area contributed by atoms with Gasteiger partial charge in [-0.25, -0.2) is 0 Å². The van der Waals surface area contributed by atoms with Gasteiger partial charge in [0.15, 0.2) is 0 Å². The molecule has 0 saturated heterocycles. The van der Waals surface area contributed by atoms with Crippen LogP contribution in [0.3, 0.4) is 0 Å². The molecule has 2 atom stereocenters. The zero-order valence-corrected chi connectivity index (χ0v) is 10.1. The van der Waals surface area contributed by atoms with E-state index in [4.69, 9.17) is 14.2 Å². The number of ether oxygens (including phenoxy) is 3. The molecule has 0 fully saturated rings. The molecule has 0 aliphatic carbocycles. The lowest BCUT2D eigenvalue weighted by molar-refractivity contribution is -0.0245. The molecule has 88 valence electrons. The summed E-state index contributed by atoms with van der Waals surface area (Å²) in [6, 6.07) is 0. The molecule has 0 saturated carbocycles. The Morgan fingerprint density at radius 2 is 1.60 bits per heavy atom. The molecule has 0 aliphatic rings. The van der Waals surface area contributed by atoms with Crippen molar-refractivity contribution in [2.24, 2.45) is 0 Å². The van der Waals surface area contributed by atoms with Gasteiger partial charge in [-0.3, -0.25) is 0 Å². The molecule has 0 N–H and O–H groups in total. The Kier molecular flexibility index (Phi) is 8.98. The molecule has 0 radical (unpaired) electrons. The second-order valence-corrected chi connectivity index (χ2v) is 3.36. The van der Waals surface area contributed by atoms with E-state index in [2.05, 4.69) is 0 Å². The first-order valence-corrected chi connectivity index (χ1v) is 5.31. The second kappa shape index (κ2) is 9.59. The first-order chi connectivity index (χ1) is 7.20. The van der Waals surface area contributed by atoms with Crippen LogP contribution in [0.1, 0.15) is 27.7 Å². The monoisotopic (exact) mass is 214 g/mol. The SMILES string of the molecule is CC=COCC(C)OCC(C)OC=CC. The minimum atomic E-state index is 0.0744. The largest absolute Gasteiger partial charge is 0.499 e. The fourth-order valence-electron chi connectivity index (χ4n) is 0.887. The van der Waals surface area contributed by atoms with Gasteiger partial charge in [-0.1, -0.05) is 12.2 Å². The zero-order chi connectivity index (χ0) is 11.5. The van der Waals surface area contributed by atoms with E-state index in [1.807, 2.05) is 39.8 Å². The minimum Gasteiger partial charge on any atom is -0.499 e. The lowest BCUT2D eigenvalue weighted by atomic mass is 10.4. The van der Waals surface area contributed by atoms with E-state index >= 15 is 0 Å². The molecule has 0 bridgehead atoms. The highest BCUT2D eigenvalue weighted by atomic mass is 16.6. The molecule has 0 amide bonds. The van der Waals surface area contributed by atoms with Crippen LogP contribution < -0.4 is 0 Å². The van der Waals surface area contributed by atoms with Crippen molar-refractivity contribution in [3.05, 3.63) is 24.7 Å². The summed E-state index contributed by atoms with van der Waals surface area (Å²) >= 11 is 0. The fourth-order valence-corrected chi connectivity index (χ4v) is 0.887. The molecule has 3 heteroatoms. The molecule has 0 spiro atoms. The Balaban J connectivity index is 3.47. The van der Waals surface area contributed by atoms with E-state index in [1.54, 1.807) is 12.5 Å². The number of hydrogen-bond donors (Lipinski definition) is 0. The Morgan fingerprint density at radius 3 is 2.20 bits per heavy atom. The molecular formula is C12H22O3. The van der Waals surface area contributed by atoms with Crippen molar-refractivity contribution in [2.75, 3.05) is 13.2 Å². The topological polar surface area (TPSA) is 27.7 Å². The first kappa shape index (κ1) is 14.0. The molecule has 3 nitrogen and oxygen atoms in total. The van der Waals surface area contributed by atoms with E-state index in [-0.39, 0.29) is 12.2 Å². The number of allylic oxidation sites excluding steroid dienone is 2. The molecule has 2 unspecified atom stereocenters. The van der Waals surface area contributed by atoms with Gasteiger partial charge in [-0.05, 0) is 27.7 Å². The molecule has 0 aromatic heterocycles. The van der Waals surface area contributed by atoms with Crippen LogP contribution in [-0.2, 0) is 14.2 Å². The van der Waals surface area contributed by atoms with Crippen molar-refractivity contribution in [2.45, 2.75) is 39.9 Å². The van der Waals surface area contributed by atoms with Crippen molar-refractivity contribution >= 4 is 0 Å². The van der Waals surface area contributed by atoms with Gasteiger partial charge in [0.25, 0.3) is 0 Å². The van der Waals surface area contributed by atoms with Gasteiger partial charge in [0, 0.05) is 0 Å². The molecular weight excluding hydrogens is 192 g/mol. The molecule has 0 aromatic rings.